The molecule has 0 spiro atoms. The number of hydrogen-bond acceptors (Lipinski definition) is 3. The number of carbonyl (C=O) groups excluding carboxylic acids is 2. The second kappa shape index (κ2) is 6.89. The number of anilines is 1. The van der Waals surface area contributed by atoms with Crippen molar-refractivity contribution in [3.63, 3.8) is 0 Å². The molecule has 3 amide bonds. The van der Waals surface area contributed by atoms with Gasteiger partial charge >= 0.3 is 6.03 Å². The highest BCUT2D eigenvalue weighted by atomic mass is 79.9. The predicted octanol–water partition coefficient (Wildman–Crippen LogP) is 4.25. The Morgan fingerprint density at radius 3 is 2.36 bits per heavy atom. The number of halogens is 3. The van der Waals surface area contributed by atoms with E-state index in [9.17, 15) is 18.4 Å². The smallest absolute Gasteiger partial charge is 0.304 e. The van der Waals surface area contributed by atoms with Gasteiger partial charge in [-0.25, -0.2) is 17.9 Å². The van der Waals surface area contributed by atoms with Crippen LogP contribution in [0.2, 0.25) is 0 Å². The fourth-order valence-electron chi connectivity index (χ4n) is 1.58. The second-order valence-electron chi connectivity index (χ2n) is 4.16. The highest BCUT2D eigenvalue weighted by Gasteiger charge is 2.21. The molecule has 0 aromatic heterocycles. The zero-order chi connectivity index (χ0) is 16.3. The molecule has 0 saturated heterocycles. The largest absolute Gasteiger partial charge is 0.339 e. The van der Waals surface area contributed by atoms with Gasteiger partial charge in [0.1, 0.15) is 11.6 Å². The van der Waals surface area contributed by atoms with Crippen molar-refractivity contribution in [2.24, 2.45) is 0 Å². The number of imide groups is 1. The van der Waals surface area contributed by atoms with Gasteiger partial charge in [0.25, 0.3) is 5.91 Å². The van der Waals surface area contributed by atoms with Crippen molar-refractivity contribution in [3.8, 4) is 0 Å². The topological polar surface area (TPSA) is 49.4 Å². The Kier molecular flexibility index (Phi) is 5.15. The molecule has 0 fully saturated rings. The molecule has 2 aromatic rings. The minimum absolute atomic E-state index is 0.0238. The van der Waals surface area contributed by atoms with Crippen LogP contribution in [0.3, 0.4) is 0 Å². The van der Waals surface area contributed by atoms with Crippen molar-refractivity contribution in [2.45, 2.75) is 0 Å². The van der Waals surface area contributed by atoms with Crippen molar-refractivity contribution < 1.29 is 18.4 Å². The molecule has 114 valence electrons. The van der Waals surface area contributed by atoms with Crippen LogP contribution < -0.4 is 5.32 Å². The van der Waals surface area contributed by atoms with Crippen LogP contribution in [0.25, 0.3) is 0 Å². The third-order valence-electron chi connectivity index (χ3n) is 2.66. The molecule has 0 unspecified atom stereocenters. The molecule has 0 aliphatic carbocycles. The van der Waals surface area contributed by atoms with E-state index >= 15 is 0 Å². The first-order valence-electron chi connectivity index (χ1n) is 5.94. The van der Waals surface area contributed by atoms with E-state index in [1.807, 2.05) is 0 Å². The molecule has 0 atom stereocenters. The van der Waals surface area contributed by atoms with Gasteiger partial charge in [-0.1, -0.05) is 31.0 Å². The lowest BCUT2D eigenvalue weighted by Gasteiger charge is -2.15. The van der Waals surface area contributed by atoms with E-state index in [0.717, 1.165) is 6.07 Å². The maximum Gasteiger partial charge on any atom is 0.339 e. The molecule has 2 rings (SSSR count). The van der Waals surface area contributed by atoms with Crippen molar-refractivity contribution in [1.29, 1.82) is 0 Å². The molecular formula is C14H9BrF2N2O2S. The first kappa shape index (κ1) is 16.4. The number of carbonyl (C=O) groups is 2. The van der Waals surface area contributed by atoms with Gasteiger partial charge in [0, 0.05) is 11.6 Å². The molecule has 0 aliphatic heterocycles. The molecule has 0 saturated carbocycles. The van der Waals surface area contributed by atoms with Gasteiger partial charge < -0.3 is 5.32 Å². The standard InChI is InChI=1S/C14H9BrF2N2O2S/c15-9-6-12(11(17)7-10(9)16)18-14(21)19(22)13(20)8-4-2-1-3-5-8/h1-7,22H,(H,18,21). The highest BCUT2D eigenvalue weighted by molar-refractivity contribution is 9.10. The Hall–Kier alpha value is -1.93. The van der Waals surface area contributed by atoms with Crippen molar-refractivity contribution in [1.82, 2.24) is 4.31 Å². The van der Waals surface area contributed by atoms with Crippen LogP contribution in [0.5, 0.6) is 0 Å². The number of thiol groups is 1. The van der Waals surface area contributed by atoms with Gasteiger partial charge in [0.2, 0.25) is 0 Å². The summed E-state index contributed by atoms with van der Waals surface area (Å²) in [5, 5.41) is 2.15. The second-order valence-corrected chi connectivity index (χ2v) is 5.41. The molecular weight excluding hydrogens is 378 g/mol. The molecule has 0 heterocycles. The average molecular weight is 387 g/mol. The monoisotopic (exact) mass is 386 g/mol. The van der Waals surface area contributed by atoms with Gasteiger partial charge in [-0.15, -0.1) is 0 Å². The Morgan fingerprint density at radius 2 is 1.73 bits per heavy atom. The number of urea groups is 1. The van der Waals surface area contributed by atoms with Crippen LogP contribution in [-0.4, -0.2) is 16.2 Å². The molecule has 0 aliphatic rings. The molecule has 2 aromatic carbocycles. The summed E-state index contributed by atoms with van der Waals surface area (Å²) in [6, 6.07) is 8.69. The first-order valence-corrected chi connectivity index (χ1v) is 7.13. The summed E-state index contributed by atoms with van der Waals surface area (Å²) in [6.45, 7) is 0. The summed E-state index contributed by atoms with van der Waals surface area (Å²) in [5.41, 5.74) is -0.0356. The van der Waals surface area contributed by atoms with Crippen LogP contribution >= 0.6 is 28.7 Å². The maximum atomic E-state index is 13.6. The van der Waals surface area contributed by atoms with E-state index in [0.29, 0.717) is 10.4 Å². The van der Waals surface area contributed by atoms with E-state index in [1.54, 1.807) is 18.2 Å². The molecule has 0 bridgehead atoms. The lowest BCUT2D eigenvalue weighted by atomic mass is 10.2. The number of amides is 3. The number of benzene rings is 2. The molecule has 0 radical (unpaired) electrons. The fraction of sp³-hybridized carbons (Fsp3) is 0. The van der Waals surface area contributed by atoms with E-state index in [1.165, 1.54) is 12.1 Å². The summed E-state index contributed by atoms with van der Waals surface area (Å²) in [6.07, 6.45) is 0. The van der Waals surface area contributed by atoms with E-state index in [4.69, 9.17) is 0 Å². The van der Waals surface area contributed by atoms with Gasteiger partial charge in [-0.3, -0.25) is 4.79 Å². The summed E-state index contributed by atoms with van der Waals surface area (Å²) >= 11 is 6.69. The van der Waals surface area contributed by atoms with Gasteiger partial charge in [0.15, 0.2) is 0 Å². The summed E-state index contributed by atoms with van der Waals surface area (Å²) < 4.78 is 27.2. The van der Waals surface area contributed by atoms with Gasteiger partial charge in [0.05, 0.1) is 10.2 Å². The minimum atomic E-state index is -0.969. The van der Waals surface area contributed by atoms with Gasteiger partial charge in [-0.05, 0) is 34.1 Å². The third kappa shape index (κ3) is 3.63. The van der Waals surface area contributed by atoms with E-state index < -0.39 is 23.6 Å². The minimum Gasteiger partial charge on any atom is -0.304 e. The summed E-state index contributed by atoms with van der Waals surface area (Å²) in [5.74, 6) is -2.45. The zero-order valence-corrected chi connectivity index (χ0v) is 13.4. The third-order valence-corrected chi connectivity index (χ3v) is 3.63. The van der Waals surface area contributed by atoms with Crippen molar-refractivity contribution in [3.05, 3.63) is 64.1 Å². The van der Waals surface area contributed by atoms with Crippen molar-refractivity contribution >= 4 is 46.4 Å². The Labute approximate surface area is 138 Å². The first-order chi connectivity index (χ1) is 10.4. The normalized spacial score (nSPS) is 10.2. The molecule has 4 nitrogen and oxygen atoms in total. The van der Waals surface area contributed by atoms with Crippen LogP contribution in [0.1, 0.15) is 10.4 Å². The van der Waals surface area contributed by atoms with Crippen LogP contribution in [0, 0.1) is 11.6 Å². The maximum absolute atomic E-state index is 13.6. The Bertz CT molecular complexity index is 728. The lowest BCUT2D eigenvalue weighted by Crippen LogP contribution is -2.32. The fourth-order valence-corrected chi connectivity index (χ4v) is 2.09. The average Bonchev–Trinajstić information content (AvgIpc) is 2.52. The number of nitrogens with one attached hydrogen (secondary N) is 1. The number of nitrogens with zero attached hydrogens (tertiary/aromatic N) is 1. The highest BCUT2D eigenvalue weighted by Crippen LogP contribution is 2.24. The SMILES string of the molecule is O=C(Nc1cc(Br)c(F)cc1F)N(S)C(=O)c1ccccc1. The van der Waals surface area contributed by atoms with Crippen LogP contribution in [-0.2, 0) is 0 Å². The Morgan fingerprint density at radius 1 is 1.09 bits per heavy atom. The van der Waals surface area contributed by atoms with Crippen LogP contribution in [0.15, 0.2) is 46.9 Å². The quantitative estimate of drug-likeness (QED) is 0.598. The number of rotatable bonds is 2. The zero-order valence-electron chi connectivity index (χ0n) is 10.9. The number of hydrogen-bond donors (Lipinski definition) is 2. The predicted molar refractivity (Wildman–Crippen MR) is 84.7 cm³/mol. The van der Waals surface area contributed by atoms with Crippen molar-refractivity contribution in [2.75, 3.05) is 5.32 Å². The van der Waals surface area contributed by atoms with Crippen LogP contribution in [0.4, 0.5) is 19.3 Å². The molecule has 22 heavy (non-hydrogen) atoms. The summed E-state index contributed by atoms with van der Waals surface area (Å²) in [4.78, 5) is 23.9. The van der Waals surface area contributed by atoms with E-state index in [-0.39, 0.29) is 15.7 Å². The van der Waals surface area contributed by atoms with E-state index in [2.05, 4.69) is 34.1 Å². The van der Waals surface area contributed by atoms with Gasteiger partial charge in [-0.2, -0.15) is 0 Å². The summed E-state index contributed by atoms with van der Waals surface area (Å²) in [7, 11) is 0. The lowest BCUT2D eigenvalue weighted by molar-refractivity contribution is 0.0901. The molecule has 8 heteroatoms. The molecule has 1 N–H and O–H groups in total. The Balaban J connectivity index is 2.15.